The van der Waals surface area contributed by atoms with E-state index in [4.69, 9.17) is 5.73 Å². The van der Waals surface area contributed by atoms with Crippen LogP contribution in [0.3, 0.4) is 0 Å². The summed E-state index contributed by atoms with van der Waals surface area (Å²) < 4.78 is 0. The van der Waals surface area contributed by atoms with Gasteiger partial charge in [0.15, 0.2) is 6.29 Å². The number of aromatic nitrogens is 2. The number of hydrogen-bond donors (Lipinski definition) is 2. The maximum atomic E-state index is 10.9. The van der Waals surface area contributed by atoms with Crippen LogP contribution in [0.15, 0.2) is 24.5 Å². The van der Waals surface area contributed by atoms with E-state index in [2.05, 4.69) is 10.2 Å². The molecule has 2 aromatic rings. The van der Waals surface area contributed by atoms with E-state index in [-0.39, 0.29) is 0 Å². The van der Waals surface area contributed by atoms with Crippen molar-refractivity contribution in [2.24, 2.45) is 0 Å². The van der Waals surface area contributed by atoms with Crippen molar-refractivity contribution >= 4 is 12.0 Å². The van der Waals surface area contributed by atoms with Crippen molar-refractivity contribution in [1.29, 1.82) is 0 Å². The Labute approximate surface area is 93.5 Å². The number of nitrogens with one attached hydrogen (secondary N) is 1. The van der Waals surface area contributed by atoms with Crippen molar-refractivity contribution in [2.45, 2.75) is 13.3 Å². The molecule has 0 radical (unpaired) electrons. The highest BCUT2D eigenvalue weighted by atomic mass is 16.1. The van der Waals surface area contributed by atoms with Crippen molar-refractivity contribution < 1.29 is 4.79 Å². The Kier molecular flexibility index (Phi) is 2.72. The van der Waals surface area contributed by atoms with E-state index in [0.717, 1.165) is 29.4 Å². The number of anilines is 1. The first kappa shape index (κ1) is 10.4. The lowest BCUT2D eigenvalue weighted by Gasteiger charge is -2.08. The van der Waals surface area contributed by atoms with Gasteiger partial charge in [-0.15, -0.1) is 0 Å². The van der Waals surface area contributed by atoms with Gasteiger partial charge in [-0.2, -0.15) is 5.10 Å². The summed E-state index contributed by atoms with van der Waals surface area (Å²) >= 11 is 0. The molecule has 2 rings (SSSR count). The zero-order valence-electron chi connectivity index (χ0n) is 9.03. The highest BCUT2D eigenvalue weighted by molar-refractivity contribution is 5.87. The van der Waals surface area contributed by atoms with E-state index in [0.29, 0.717) is 11.3 Å². The van der Waals surface area contributed by atoms with E-state index in [1.165, 1.54) is 0 Å². The van der Waals surface area contributed by atoms with E-state index >= 15 is 0 Å². The van der Waals surface area contributed by atoms with Gasteiger partial charge in [-0.25, -0.2) is 0 Å². The average Bonchev–Trinajstić information content (AvgIpc) is 2.83. The summed E-state index contributed by atoms with van der Waals surface area (Å²) in [5.41, 5.74) is 9.89. The second-order valence-corrected chi connectivity index (χ2v) is 3.60. The number of nitrogens with two attached hydrogens (primary N) is 1. The molecule has 0 saturated heterocycles. The molecule has 1 heterocycles. The van der Waals surface area contributed by atoms with Gasteiger partial charge in [-0.05, 0) is 29.7 Å². The number of hydrogen-bond acceptors (Lipinski definition) is 3. The van der Waals surface area contributed by atoms with Crippen LogP contribution in [0.2, 0.25) is 0 Å². The van der Waals surface area contributed by atoms with Gasteiger partial charge in [0.2, 0.25) is 0 Å². The Morgan fingerprint density at radius 3 is 2.81 bits per heavy atom. The van der Waals surface area contributed by atoms with Gasteiger partial charge in [-0.1, -0.05) is 6.92 Å². The molecule has 0 fully saturated rings. The van der Waals surface area contributed by atoms with Gasteiger partial charge in [-0.3, -0.25) is 9.89 Å². The molecule has 82 valence electrons. The van der Waals surface area contributed by atoms with Crippen LogP contribution in [-0.2, 0) is 6.42 Å². The van der Waals surface area contributed by atoms with Crippen molar-refractivity contribution in [1.82, 2.24) is 10.2 Å². The third-order valence-electron chi connectivity index (χ3n) is 2.64. The van der Waals surface area contributed by atoms with E-state index in [1.54, 1.807) is 18.5 Å². The molecule has 0 bridgehead atoms. The van der Waals surface area contributed by atoms with E-state index in [1.807, 2.05) is 13.0 Å². The summed E-state index contributed by atoms with van der Waals surface area (Å²) in [5.74, 6) is 0. The molecule has 0 amide bonds. The molecule has 4 nitrogen and oxygen atoms in total. The Morgan fingerprint density at radius 2 is 2.25 bits per heavy atom. The first-order chi connectivity index (χ1) is 7.76. The van der Waals surface area contributed by atoms with Crippen molar-refractivity contribution in [3.63, 3.8) is 0 Å². The zero-order valence-corrected chi connectivity index (χ0v) is 9.03. The van der Waals surface area contributed by atoms with Gasteiger partial charge < -0.3 is 5.73 Å². The van der Waals surface area contributed by atoms with Crippen molar-refractivity contribution in [3.05, 3.63) is 35.7 Å². The molecule has 0 aliphatic heterocycles. The number of aryl methyl sites for hydroxylation is 1. The molecule has 1 aromatic carbocycles. The lowest BCUT2D eigenvalue weighted by molar-refractivity contribution is 0.112. The van der Waals surface area contributed by atoms with Crippen LogP contribution >= 0.6 is 0 Å². The Bertz CT molecular complexity index is 503. The van der Waals surface area contributed by atoms with Crippen LogP contribution in [0.4, 0.5) is 5.69 Å². The largest absolute Gasteiger partial charge is 0.398 e. The minimum atomic E-state index is 0.538. The quantitative estimate of drug-likeness (QED) is 0.608. The summed E-state index contributed by atoms with van der Waals surface area (Å²) in [5, 5.41) is 6.64. The number of H-pyrrole nitrogens is 1. The van der Waals surface area contributed by atoms with E-state index in [9.17, 15) is 4.79 Å². The van der Waals surface area contributed by atoms with Crippen LogP contribution in [0.5, 0.6) is 0 Å². The molecular weight excluding hydrogens is 202 g/mol. The lowest BCUT2D eigenvalue weighted by Crippen LogP contribution is -1.99. The van der Waals surface area contributed by atoms with Crippen LogP contribution in [-0.4, -0.2) is 16.5 Å². The van der Waals surface area contributed by atoms with Crippen LogP contribution in [0.1, 0.15) is 22.8 Å². The topological polar surface area (TPSA) is 71.8 Å². The summed E-state index contributed by atoms with van der Waals surface area (Å²) in [6.45, 7) is 2.01. The summed E-state index contributed by atoms with van der Waals surface area (Å²) in [6.07, 6.45) is 5.11. The highest BCUT2D eigenvalue weighted by Crippen LogP contribution is 2.26. The smallest absolute Gasteiger partial charge is 0.152 e. The van der Waals surface area contributed by atoms with Gasteiger partial charge in [0.1, 0.15) is 0 Å². The SMILES string of the molecule is CCc1cc(-c2cn[nH]c2)cc(C=O)c1N. The molecule has 1 aromatic heterocycles. The predicted molar refractivity (Wildman–Crippen MR) is 63.2 cm³/mol. The third kappa shape index (κ3) is 1.69. The fraction of sp³-hybridized carbons (Fsp3) is 0.167. The standard InChI is InChI=1S/C12H13N3O/c1-2-8-3-9(11-5-14-15-6-11)4-10(7-16)12(8)13/h3-7H,2,13H2,1H3,(H,14,15). The van der Waals surface area contributed by atoms with Crippen LogP contribution in [0, 0.1) is 0 Å². The van der Waals surface area contributed by atoms with Crippen molar-refractivity contribution in [3.8, 4) is 11.1 Å². The molecule has 0 aliphatic carbocycles. The Hall–Kier alpha value is -2.10. The third-order valence-corrected chi connectivity index (χ3v) is 2.64. The van der Waals surface area contributed by atoms with Gasteiger partial charge >= 0.3 is 0 Å². The molecule has 3 N–H and O–H groups in total. The maximum Gasteiger partial charge on any atom is 0.152 e. The normalized spacial score (nSPS) is 10.3. The number of benzene rings is 1. The summed E-state index contributed by atoms with van der Waals surface area (Å²) in [4.78, 5) is 10.9. The molecule has 0 aliphatic rings. The molecule has 16 heavy (non-hydrogen) atoms. The van der Waals surface area contributed by atoms with E-state index < -0.39 is 0 Å². The number of carbonyl (C=O) groups is 1. The maximum absolute atomic E-state index is 10.9. The second-order valence-electron chi connectivity index (χ2n) is 3.60. The summed E-state index contributed by atoms with van der Waals surface area (Å²) in [6, 6.07) is 3.78. The Balaban J connectivity index is 2.60. The molecule has 4 heteroatoms. The number of nitrogen functional groups attached to an aromatic ring is 1. The molecule has 0 unspecified atom stereocenters. The molecular formula is C12H13N3O. The fourth-order valence-electron chi connectivity index (χ4n) is 1.70. The average molecular weight is 215 g/mol. The number of aromatic amines is 1. The second kappa shape index (κ2) is 4.18. The van der Waals surface area contributed by atoms with Gasteiger partial charge in [0.05, 0.1) is 6.20 Å². The monoisotopic (exact) mass is 215 g/mol. The summed E-state index contributed by atoms with van der Waals surface area (Å²) in [7, 11) is 0. The fourth-order valence-corrected chi connectivity index (χ4v) is 1.70. The number of nitrogens with zero attached hydrogens (tertiary/aromatic N) is 1. The minimum Gasteiger partial charge on any atom is -0.398 e. The minimum absolute atomic E-state index is 0.538. The van der Waals surface area contributed by atoms with Crippen LogP contribution < -0.4 is 5.73 Å². The van der Waals surface area contributed by atoms with Gasteiger partial charge in [0, 0.05) is 23.0 Å². The van der Waals surface area contributed by atoms with Gasteiger partial charge in [0.25, 0.3) is 0 Å². The molecule has 0 spiro atoms. The van der Waals surface area contributed by atoms with Crippen LogP contribution in [0.25, 0.3) is 11.1 Å². The highest BCUT2D eigenvalue weighted by Gasteiger charge is 2.08. The Morgan fingerprint density at radius 1 is 1.44 bits per heavy atom. The number of aldehydes is 1. The van der Waals surface area contributed by atoms with Crippen molar-refractivity contribution in [2.75, 3.05) is 5.73 Å². The lowest BCUT2D eigenvalue weighted by atomic mass is 9.99. The number of rotatable bonds is 3. The first-order valence-corrected chi connectivity index (χ1v) is 5.13. The first-order valence-electron chi connectivity index (χ1n) is 5.13. The number of carbonyl (C=O) groups excluding carboxylic acids is 1. The molecule has 0 atom stereocenters. The zero-order chi connectivity index (χ0) is 11.5. The molecule has 0 saturated carbocycles. The predicted octanol–water partition coefficient (Wildman–Crippen LogP) is 2.03.